The summed E-state index contributed by atoms with van der Waals surface area (Å²) in [5.41, 5.74) is -2.16. The van der Waals surface area contributed by atoms with E-state index in [1.807, 2.05) is 0 Å². The van der Waals surface area contributed by atoms with Gasteiger partial charge in [0.15, 0.2) is 0 Å². The van der Waals surface area contributed by atoms with Crippen molar-refractivity contribution in [2.75, 3.05) is 6.67 Å². The van der Waals surface area contributed by atoms with Crippen molar-refractivity contribution in [3.8, 4) is 0 Å². The number of carbonyl (C=O) groups excluding carboxylic acids is 1. The zero-order valence-electron chi connectivity index (χ0n) is 16.1. The van der Waals surface area contributed by atoms with Crippen LogP contribution in [0.3, 0.4) is 0 Å². The highest BCUT2D eigenvalue weighted by Gasteiger charge is 2.48. The lowest BCUT2D eigenvalue weighted by Crippen LogP contribution is -2.45. The van der Waals surface area contributed by atoms with E-state index in [1.165, 1.54) is 4.90 Å². The summed E-state index contributed by atoms with van der Waals surface area (Å²) in [7, 11) is 0. The maximum Gasteiger partial charge on any atom is 0.410 e. The van der Waals surface area contributed by atoms with Gasteiger partial charge in [0.05, 0.1) is 18.8 Å². The van der Waals surface area contributed by atoms with Crippen LogP contribution >= 0.6 is 0 Å². The third kappa shape index (κ3) is 3.79. The van der Waals surface area contributed by atoms with Gasteiger partial charge in [-0.15, -0.1) is 0 Å². The van der Waals surface area contributed by atoms with E-state index in [-0.39, 0.29) is 36.8 Å². The van der Waals surface area contributed by atoms with Crippen LogP contribution in [0.4, 0.5) is 18.0 Å². The van der Waals surface area contributed by atoms with Crippen LogP contribution in [0.25, 0.3) is 0 Å². The smallest absolute Gasteiger partial charge is 0.410 e. The lowest BCUT2D eigenvalue weighted by molar-refractivity contribution is -0.0477. The van der Waals surface area contributed by atoms with Gasteiger partial charge in [-0.2, -0.15) is 13.9 Å². The number of rotatable bonds is 1. The Bertz CT molecular complexity index is 744. The second-order valence-corrected chi connectivity index (χ2v) is 8.66. The van der Waals surface area contributed by atoms with E-state index in [4.69, 9.17) is 4.74 Å². The summed E-state index contributed by atoms with van der Waals surface area (Å²) >= 11 is 0. The fourth-order valence-electron chi connectivity index (χ4n) is 3.66. The van der Waals surface area contributed by atoms with Crippen molar-refractivity contribution in [1.82, 2.24) is 14.7 Å². The number of hydrogen-bond donors (Lipinski definition) is 1. The Hall–Kier alpha value is -1.77. The van der Waals surface area contributed by atoms with Crippen molar-refractivity contribution in [2.45, 2.75) is 83.2 Å². The SMILES string of the molecule is CC1Cc2nn3c(c2CN1C(=O)OC(C)(C)C)C(F)(F)CCC(O)(CF)C3. The van der Waals surface area contributed by atoms with Gasteiger partial charge in [-0.3, -0.25) is 4.68 Å². The molecular formula is C18H26F3N3O3. The van der Waals surface area contributed by atoms with Crippen LogP contribution in [0.2, 0.25) is 0 Å². The van der Waals surface area contributed by atoms with E-state index in [9.17, 15) is 23.1 Å². The topological polar surface area (TPSA) is 67.6 Å². The molecule has 1 aromatic heterocycles. The number of aromatic nitrogens is 2. The Morgan fingerprint density at radius 1 is 1.37 bits per heavy atom. The molecule has 0 saturated carbocycles. The molecule has 1 N–H and O–H groups in total. The number of fused-ring (bicyclic) bond motifs is 3. The fraction of sp³-hybridized carbons (Fsp3) is 0.778. The number of carbonyl (C=O) groups is 1. The molecule has 9 heteroatoms. The number of amides is 1. The predicted molar refractivity (Wildman–Crippen MR) is 91.2 cm³/mol. The molecular weight excluding hydrogens is 363 g/mol. The van der Waals surface area contributed by atoms with Gasteiger partial charge in [-0.05, 0) is 34.1 Å². The van der Waals surface area contributed by atoms with Crippen LogP contribution in [0.5, 0.6) is 0 Å². The highest BCUT2D eigenvalue weighted by atomic mass is 19.3. The van der Waals surface area contributed by atoms with Gasteiger partial charge in [-0.1, -0.05) is 0 Å². The maximum atomic E-state index is 14.8. The first kappa shape index (κ1) is 20.0. The predicted octanol–water partition coefficient (Wildman–Crippen LogP) is 3.15. The normalized spacial score (nSPS) is 27.6. The minimum atomic E-state index is -3.26. The molecule has 27 heavy (non-hydrogen) atoms. The van der Waals surface area contributed by atoms with Crippen molar-refractivity contribution < 1.29 is 27.8 Å². The molecule has 0 radical (unpaired) electrons. The summed E-state index contributed by atoms with van der Waals surface area (Å²) in [5.74, 6) is -3.26. The lowest BCUT2D eigenvalue weighted by atomic mass is 9.94. The Morgan fingerprint density at radius 2 is 2.04 bits per heavy atom. The number of halogens is 3. The zero-order chi connectivity index (χ0) is 20.2. The largest absolute Gasteiger partial charge is 0.444 e. The summed E-state index contributed by atoms with van der Waals surface area (Å²) in [6, 6.07) is -0.278. The van der Waals surface area contributed by atoms with Crippen LogP contribution in [0.15, 0.2) is 0 Å². The average Bonchev–Trinajstić information content (AvgIpc) is 2.83. The van der Waals surface area contributed by atoms with Crippen molar-refractivity contribution >= 4 is 6.09 Å². The molecule has 2 aliphatic heterocycles. The molecule has 3 heterocycles. The summed E-state index contributed by atoms with van der Waals surface area (Å²) in [6.07, 6.45) is -1.31. The Kier molecular flexibility index (Phi) is 4.73. The first-order valence-electron chi connectivity index (χ1n) is 9.10. The molecule has 2 aliphatic rings. The van der Waals surface area contributed by atoms with Crippen molar-refractivity contribution in [3.63, 3.8) is 0 Å². The molecule has 0 aromatic carbocycles. The van der Waals surface area contributed by atoms with Crippen molar-refractivity contribution in [3.05, 3.63) is 17.0 Å². The molecule has 0 fully saturated rings. The Labute approximate surface area is 156 Å². The quantitative estimate of drug-likeness (QED) is 0.801. The lowest BCUT2D eigenvalue weighted by Gasteiger charge is -2.35. The van der Waals surface area contributed by atoms with Gasteiger partial charge >= 0.3 is 6.09 Å². The zero-order valence-corrected chi connectivity index (χ0v) is 16.1. The van der Waals surface area contributed by atoms with E-state index < -0.39 is 36.3 Å². The Morgan fingerprint density at radius 3 is 2.63 bits per heavy atom. The number of nitrogens with zero attached hydrogens (tertiary/aromatic N) is 3. The molecule has 0 saturated heterocycles. The van der Waals surface area contributed by atoms with E-state index in [0.29, 0.717) is 12.1 Å². The van der Waals surface area contributed by atoms with Crippen LogP contribution in [-0.4, -0.2) is 49.8 Å². The summed E-state index contributed by atoms with van der Waals surface area (Å²) in [4.78, 5) is 13.9. The monoisotopic (exact) mass is 389 g/mol. The fourth-order valence-corrected chi connectivity index (χ4v) is 3.66. The molecule has 0 spiro atoms. The van der Waals surface area contributed by atoms with E-state index in [1.54, 1.807) is 27.7 Å². The minimum Gasteiger partial charge on any atom is -0.444 e. The number of aliphatic hydroxyl groups is 1. The second kappa shape index (κ2) is 6.39. The first-order chi connectivity index (χ1) is 12.4. The van der Waals surface area contributed by atoms with Gasteiger partial charge in [-0.25, -0.2) is 9.18 Å². The minimum absolute atomic E-state index is 0.0512. The number of alkyl halides is 3. The molecule has 1 amide bonds. The highest BCUT2D eigenvalue weighted by molar-refractivity contribution is 5.69. The first-order valence-corrected chi connectivity index (χ1v) is 9.10. The molecule has 2 unspecified atom stereocenters. The molecule has 6 nitrogen and oxygen atoms in total. The van der Waals surface area contributed by atoms with E-state index >= 15 is 0 Å². The van der Waals surface area contributed by atoms with Gasteiger partial charge in [0, 0.05) is 24.4 Å². The molecule has 152 valence electrons. The average molecular weight is 389 g/mol. The van der Waals surface area contributed by atoms with Gasteiger partial charge in [0.1, 0.15) is 23.6 Å². The molecule has 1 aromatic rings. The second-order valence-electron chi connectivity index (χ2n) is 8.66. The maximum absolute atomic E-state index is 14.8. The summed E-state index contributed by atoms with van der Waals surface area (Å²) in [6.45, 7) is 5.52. The van der Waals surface area contributed by atoms with Crippen molar-refractivity contribution in [2.24, 2.45) is 0 Å². The molecule has 2 atom stereocenters. The van der Waals surface area contributed by atoms with Crippen LogP contribution < -0.4 is 0 Å². The van der Waals surface area contributed by atoms with Crippen LogP contribution in [-0.2, 0) is 30.2 Å². The van der Waals surface area contributed by atoms with Gasteiger partial charge in [0.2, 0.25) is 0 Å². The summed E-state index contributed by atoms with van der Waals surface area (Å²) < 4.78 is 49.3. The molecule has 0 bridgehead atoms. The number of hydrogen-bond acceptors (Lipinski definition) is 4. The highest BCUT2D eigenvalue weighted by Crippen LogP contribution is 2.43. The van der Waals surface area contributed by atoms with Gasteiger partial charge in [0.25, 0.3) is 5.92 Å². The van der Waals surface area contributed by atoms with E-state index in [0.717, 1.165) is 4.68 Å². The van der Waals surface area contributed by atoms with E-state index in [2.05, 4.69) is 5.10 Å². The summed E-state index contributed by atoms with van der Waals surface area (Å²) in [5, 5.41) is 14.5. The van der Waals surface area contributed by atoms with Crippen molar-refractivity contribution in [1.29, 1.82) is 0 Å². The molecule has 0 aliphatic carbocycles. The van der Waals surface area contributed by atoms with Gasteiger partial charge < -0.3 is 14.7 Å². The third-order valence-electron chi connectivity index (χ3n) is 5.05. The standard InChI is InChI=1S/C18H26F3N3O3/c1-11-7-13-12(8-23(11)15(25)27-16(2,3)4)14-18(20,21)6-5-17(26,9-19)10-24(14)22-13/h11,26H,5-10H2,1-4H3. The third-order valence-corrected chi connectivity index (χ3v) is 5.05. The van der Waals surface area contributed by atoms with Crippen LogP contribution in [0.1, 0.15) is 57.5 Å². The number of ether oxygens (including phenoxy) is 1. The van der Waals surface area contributed by atoms with Crippen LogP contribution in [0, 0.1) is 0 Å². The molecule has 3 rings (SSSR count). The Balaban J connectivity index is 1.98.